The second-order valence-electron chi connectivity index (χ2n) is 12.1. The molecule has 0 aliphatic carbocycles. The van der Waals surface area contributed by atoms with Gasteiger partial charge in [0.05, 0.1) is 20.1 Å². The minimum absolute atomic E-state index is 0.0211. The second kappa shape index (κ2) is 12.8. The molecule has 238 valence electrons. The van der Waals surface area contributed by atoms with Crippen LogP contribution in [0.15, 0.2) is 60.7 Å². The van der Waals surface area contributed by atoms with Crippen LogP contribution in [-0.2, 0) is 55.8 Å². The highest BCUT2D eigenvalue weighted by molar-refractivity contribution is 5.87. The van der Waals surface area contributed by atoms with Crippen molar-refractivity contribution in [3.05, 3.63) is 71.8 Å². The summed E-state index contributed by atoms with van der Waals surface area (Å²) in [6.45, 7) is 7.29. The average molecular weight is 613 g/mol. The van der Waals surface area contributed by atoms with Crippen LogP contribution in [0.25, 0.3) is 0 Å². The lowest BCUT2D eigenvalue weighted by molar-refractivity contribution is -0.235. The minimum atomic E-state index is -1.71. The largest absolute Gasteiger partial charge is 0.469 e. The van der Waals surface area contributed by atoms with Crippen molar-refractivity contribution in [2.75, 3.05) is 13.7 Å². The molecule has 2 N–H and O–H groups in total. The zero-order valence-electron chi connectivity index (χ0n) is 25.6. The molecule has 2 aromatic rings. The summed E-state index contributed by atoms with van der Waals surface area (Å²) in [4.78, 5) is 39.8. The van der Waals surface area contributed by atoms with Crippen molar-refractivity contribution < 1.29 is 47.5 Å². The van der Waals surface area contributed by atoms with E-state index in [-0.39, 0.29) is 26.1 Å². The van der Waals surface area contributed by atoms with Gasteiger partial charge in [-0.25, -0.2) is 4.79 Å². The van der Waals surface area contributed by atoms with Gasteiger partial charge in [0, 0.05) is 6.42 Å². The van der Waals surface area contributed by atoms with Crippen LogP contribution in [0, 0.1) is 0 Å². The maximum Gasteiger partial charge on any atom is 0.408 e. The minimum Gasteiger partial charge on any atom is -0.469 e. The molecule has 3 aliphatic rings. The van der Waals surface area contributed by atoms with E-state index in [1.165, 1.54) is 7.11 Å². The molecule has 0 spiro atoms. The number of nitrogens with one attached hydrogen (secondary N) is 2. The Morgan fingerprint density at radius 1 is 0.864 bits per heavy atom. The summed E-state index contributed by atoms with van der Waals surface area (Å²) in [5, 5.41) is 5.59. The number of rotatable bonds is 10. The van der Waals surface area contributed by atoms with E-state index in [0.29, 0.717) is 0 Å². The Kier molecular flexibility index (Phi) is 9.28. The first kappa shape index (κ1) is 31.9. The van der Waals surface area contributed by atoms with Gasteiger partial charge in [0.1, 0.15) is 37.1 Å². The number of hydrogen-bond donors (Lipinski definition) is 2. The number of benzene rings is 2. The molecule has 0 aromatic heterocycles. The fraction of sp³-hybridized carbons (Fsp3) is 0.531. The van der Waals surface area contributed by atoms with E-state index < -0.39 is 65.7 Å². The Hall–Kier alpha value is -3.55. The molecule has 3 aliphatic heterocycles. The van der Waals surface area contributed by atoms with Crippen LogP contribution in [0.2, 0.25) is 0 Å². The van der Waals surface area contributed by atoms with Crippen LogP contribution >= 0.6 is 0 Å². The number of carbonyl (C=O) groups excluding carboxylic acids is 3. The van der Waals surface area contributed by atoms with Gasteiger partial charge >= 0.3 is 12.1 Å². The first-order valence-electron chi connectivity index (χ1n) is 14.6. The van der Waals surface area contributed by atoms with Gasteiger partial charge in [0.25, 0.3) is 0 Å². The molecule has 12 heteroatoms. The monoisotopic (exact) mass is 612 g/mol. The summed E-state index contributed by atoms with van der Waals surface area (Å²) in [5.74, 6) is -3.18. The van der Waals surface area contributed by atoms with Crippen molar-refractivity contribution in [3.8, 4) is 0 Å². The van der Waals surface area contributed by atoms with Crippen LogP contribution in [0.3, 0.4) is 0 Å². The summed E-state index contributed by atoms with van der Waals surface area (Å²) in [7, 11) is 1.25. The zero-order chi connectivity index (χ0) is 31.5. The highest BCUT2D eigenvalue weighted by Crippen LogP contribution is 2.47. The van der Waals surface area contributed by atoms with Crippen molar-refractivity contribution in [1.29, 1.82) is 0 Å². The topological polar surface area (TPSA) is 140 Å². The van der Waals surface area contributed by atoms with E-state index in [1.807, 2.05) is 60.7 Å². The molecule has 2 aromatic carbocycles. The molecule has 0 bridgehead atoms. The first-order valence-corrected chi connectivity index (χ1v) is 14.6. The maximum absolute atomic E-state index is 14.1. The van der Waals surface area contributed by atoms with Gasteiger partial charge in [0.2, 0.25) is 5.91 Å². The van der Waals surface area contributed by atoms with E-state index in [2.05, 4.69) is 10.6 Å². The van der Waals surface area contributed by atoms with Gasteiger partial charge < -0.3 is 43.8 Å². The first-order chi connectivity index (χ1) is 20.9. The molecule has 2 amide bonds. The fourth-order valence-corrected chi connectivity index (χ4v) is 5.77. The third kappa shape index (κ3) is 7.39. The van der Waals surface area contributed by atoms with E-state index in [4.69, 9.17) is 33.2 Å². The number of amides is 2. The van der Waals surface area contributed by atoms with Gasteiger partial charge in [0.15, 0.2) is 17.3 Å². The summed E-state index contributed by atoms with van der Waals surface area (Å²) in [5.41, 5.74) is -0.127. The fourth-order valence-electron chi connectivity index (χ4n) is 5.77. The average Bonchev–Trinajstić information content (AvgIpc) is 3.61. The third-order valence-electron chi connectivity index (χ3n) is 7.73. The number of hydrogen-bond acceptors (Lipinski definition) is 10. The predicted octanol–water partition coefficient (Wildman–Crippen LogP) is 2.97. The quantitative estimate of drug-likeness (QED) is 0.385. The molecule has 0 saturated carbocycles. The Morgan fingerprint density at radius 2 is 1.52 bits per heavy atom. The number of fused-ring (bicyclic) bond motifs is 1. The molecule has 3 saturated heterocycles. The summed E-state index contributed by atoms with van der Waals surface area (Å²) in [6, 6.07) is 17.3. The number of methoxy groups -OCH3 is 1. The molecule has 0 radical (unpaired) electrons. The van der Waals surface area contributed by atoms with Gasteiger partial charge in [-0.2, -0.15) is 0 Å². The van der Waals surface area contributed by atoms with Gasteiger partial charge in [-0.05, 0) is 38.8 Å². The van der Waals surface area contributed by atoms with Crippen molar-refractivity contribution in [1.82, 2.24) is 10.6 Å². The van der Waals surface area contributed by atoms with E-state index in [1.54, 1.807) is 27.7 Å². The van der Waals surface area contributed by atoms with Crippen LogP contribution in [0.1, 0.15) is 45.2 Å². The summed E-state index contributed by atoms with van der Waals surface area (Å²) < 4.78 is 41.3. The molecule has 3 heterocycles. The highest BCUT2D eigenvalue weighted by atomic mass is 16.8. The second-order valence-corrected chi connectivity index (χ2v) is 12.1. The van der Waals surface area contributed by atoms with Gasteiger partial charge in [-0.3, -0.25) is 9.59 Å². The molecule has 6 atom stereocenters. The van der Waals surface area contributed by atoms with E-state index >= 15 is 0 Å². The van der Waals surface area contributed by atoms with Crippen LogP contribution in [-0.4, -0.2) is 79.4 Å². The van der Waals surface area contributed by atoms with Gasteiger partial charge in [-0.1, -0.05) is 60.7 Å². The molecule has 0 unspecified atom stereocenters. The van der Waals surface area contributed by atoms with Crippen molar-refractivity contribution >= 4 is 18.0 Å². The number of alkyl carbamates (subject to hydrolysis) is 1. The predicted molar refractivity (Wildman–Crippen MR) is 155 cm³/mol. The van der Waals surface area contributed by atoms with Crippen molar-refractivity contribution in [2.24, 2.45) is 0 Å². The molecular formula is C32H40N2O10. The molecule has 44 heavy (non-hydrogen) atoms. The van der Waals surface area contributed by atoms with Crippen molar-refractivity contribution in [2.45, 2.75) is 94.9 Å². The lowest BCUT2D eigenvalue weighted by Gasteiger charge is -2.36. The molecule has 12 nitrogen and oxygen atoms in total. The SMILES string of the molecule is COC(=O)C[C@@]1(NC(=O)[C@H](Cc2ccccc2)NC(=O)OCc2ccccc2)O[C@@H]([C@H]2COC(C)(C)O2)[C@H]2OC(C)(C)O[C@H]21. The standard InChI is InChI=1S/C32H40N2O10/c1-30(2)40-19-23(41-30)25-26-27(44-31(3,4)42-26)32(43-25,17-24(35)38-5)34-28(36)22(16-20-12-8-6-9-13-20)33-29(37)39-18-21-14-10-7-11-15-21/h6-15,22-23,25-27H,16-19H2,1-5H3,(H,33,37)(H,34,36)/t22-,23+,25-,26+,27+,32+/m0/s1. The molecule has 5 rings (SSSR count). The Labute approximate surface area is 256 Å². The maximum atomic E-state index is 14.1. The van der Waals surface area contributed by atoms with Crippen LogP contribution in [0.4, 0.5) is 4.79 Å². The number of carbonyl (C=O) groups is 3. The number of esters is 1. The normalized spacial score (nSPS) is 28.9. The third-order valence-corrected chi connectivity index (χ3v) is 7.73. The lowest BCUT2D eigenvalue weighted by atomic mass is 9.96. The zero-order valence-corrected chi connectivity index (χ0v) is 25.6. The number of ether oxygens (including phenoxy) is 7. The van der Waals surface area contributed by atoms with E-state index in [0.717, 1.165) is 11.1 Å². The molecular weight excluding hydrogens is 572 g/mol. The van der Waals surface area contributed by atoms with Crippen LogP contribution < -0.4 is 10.6 Å². The summed E-state index contributed by atoms with van der Waals surface area (Å²) >= 11 is 0. The Morgan fingerprint density at radius 3 is 2.14 bits per heavy atom. The van der Waals surface area contributed by atoms with Gasteiger partial charge in [-0.15, -0.1) is 0 Å². The lowest BCUT2D eigenvalue weighted by Crippen LogP contribution is -2.62. The summed E-state index contributed by atoms with van der Waals surface area (Å²) in [6.07, 6.45) is -4.00. The van der Waals surface area contributed by atoms with E-state index in [9.17, 15) is 14.4 Å². The molecule has 3 fully saturated rings. The Bertz CT molecular complexity index is 1320. The Balaban J connectivity index is 1.41. The van der Waals surface area contributed by atoms with Crippen LogP contribution in [0.5, 0.6) is 0 Å². The smallest absolute Gasteiger partial charge is 0.408 e. The van der Waals surface area contributed by atoms with Crippen molar-refractivity contribution in [3.63, 3.8) is 0 Å². The highest BCUT2D eigenvalue weighted by Gasteiger charge is 2.67.